The van der Waals surface area contributed by atoms with Crippen molar-refractivity contribution in [1.29, 1.82) is 0 Å². The van der Waals surface area contributed by atoms with Gasteiger partial charge in [0, 0.05) is 37.0 Å². The first-order chi connectivity index (χ1) is 10.5. The Morgan fingerprint density at radius 1 is 1.23 bits per heavy atom. The van der Waals surface area contributed by atoms with Crippen molar-refractivity contribution in [3.8, 4) is 11.4 Å². The molecule has 0 aliphatic heterocycles. The van der Waals surface area contributed by atoms with E-state index in [0.717, 1.165) is 31.0 Å². The Morgan fingerprint density at radius 3 is 2.50 bits per heavy atom. The average molecular weight is 301 g/mol. The fourth-order valence-electron chi connectivity index (χ4n) is 2.19. The molecule has 0 atom stereocenters. The summed E-state index contributed by atoms with van der Waals surface area (Å²) < 4.78 is 5.08. The fraction of sp³-hybridized carbons (Fsp3) is 0.412. The van der Waals surface area contributed by atoms with E-state index in [-0.39, 0.29) is 5.56 Å². The molecule has 0 saturated carbocycles. The lowest BCUT2D eigenvalue weighted by atomic mass is 10.1. The van der Waals surface area contributed by atoms with E-state index in [9.17, 15) is 4.79 Å². The molecule has 0 fully saturated rings. The first kappa shape index (κ1) is 16.4. The Morgan fingerprint density at radius 2 is 1.91 bits per heavy atom. The number of aromatic amines is 1. The van der Waals surface area contributed by atoms with Crippen LogP contribution >= 0.6 is 0 Å². The molecule has 5 heteroatoms. The maximum atomic E-state index is 11.8. The first-order valence-electron chi connectivity index (χ1n) is 7.35. The maximum absolute atomic E-state index is 11.8. The number of hydrogen-bond acceptors (Lipinski definition) is 4. The van der Waals surface area contributed by atoms with E-state index in [0.29, 0.717) is 11.4 Å². The predicted molar refractivity (Wildman–Crippen MR) is 88.0 cm³/mol. The zero-order chi connectivity index (χ0) is 16.1. The molecule has 0 aliphatic rings. The number of rotatable bonds is 6. The van der Waals surface area contributed by atoms with Crippen LogP contribution in [0, 0.1) is 13.8 Å². The fourth-order valence-corrected chi connectivity index (χ4v) is 2.19. The molecule has 0 aliphatic carbocycles. The summed E-state index contributed by atoms with van der Waals surface area (Å²) in [6.07, 6.45) is 0. The van der Waals surface area contributed by atoms with Gasteiger partial charge in [-0.15, -0.1) is 0 Å². The van der Waals surface area contributed by atoms with Crippen LogP contribution in [-0.2, 0) is 11.3 Å². The van der Waals surface area contributed by atoms with Crippen molar-refractivity contribution in [1.82, 2.24) is 14.9 Å². The van der Waals surface area contributed by atoms with Crippen LogP contribution in [-0.4, -0.2) is 42.2 Å². The smallest absolute Gasteiger partial charge is 0.254 e. The summed E-state index contributed by atoms with van der Waals surface area (Å²) in [6.45, 7) is 6.12. The summed E-state index contributed by atoms with van der Waals surface area (Å²) in [7, 11) is 3.77. The molecule has 1 N–H and O–H groups in total. The Kier molecular flexibility index (Phi) is 5.46. The van der Waals surface area contributed by atoms with Gasteiger partial charge in [0.15, 0.2) is 0 Å². The number of benzene rings is 1. The third-order valence-electron chi connectivity index (χ3n) is 3.75. The summed E-state index contributed by atoms with van der Waals surface area (Å²) in [5.74, 6) is 0.618. The van der Waals surface area contributed by atoms with Gasteiger partial charge in [-0.25, -0.2) is 4.98 Å². The number of ether oxygens (including phenoxy) is 1. The monoisotopic (exact) mass is 301 g/mol. The standard InChI is InChI=1S/C17H23N3O2/c1-12-13(2)18-16(19-17(12)21)15-7-5-14(6-8-15)11-20(3)9-10-22-4/h5-8H,9-11H2,1-4H3,(H,18,19,21). The summed E-state index contributed by atoms with van der Waals surface area (Å²) in [5, 5.41) is 0. The van der Waals surface area contributed by atoms with Gasteiger partial charge in [-0.3, -0.25) is 9.69 Å². The van der Waals surface area contributed by atoms with Crippen molar-refractivity contribution >= 4 is 0 Å². The van der Waals surface area contributed by atoms with Crippen molar-refractivity contribution in [3.63, 3.8) is 0 Å². The van der Waals surface area contributed by atoms with Gasteiger partial charge in [0.05, 0.1) is 6.61 Å². The van der Waals surface area contributed by atoms with E-state index in [4.69, 9.17) is 4.74 Å². The second kappa shape index (κ2) is 7.33. The van der Waals surface area contributed by atoms with Crippen molar-refractivity contribution in [3.05, 3.63) is 51.4 Å². The van der Waals surface area contributed by atoms with Gasteiger partial charge >= 0.3 is 0 Å². The molecule has 1 heterocycles. The molecule has 0 bridgehead atoms. The molecule has 5 nitrogen and oxygen atoms in total. The first-order valence-corrected chi connectivity index (χ1v) is 7.35. The molecule has 2 rings (SSSR count). The van der Waals surface area contributed by atoms with Gasteiger partial charge in [-0.05, 0) is 26.5 Å². The lowest BCUT2D eigenvalue weighted by Gasteiger charge is -2.16. The third kappa shape index (κ3) is 4.02. The second-order valence-corrected chi connectivity index (χ2v) is 5.55. The number of aromatic nitrogens is 2. The van der Waals surface area contributed by atoms with Crippen LogP contribution in [0.3, 0.4) is 0 Å². The minimum Gasteiger partial charge on any atom is -0.383 e. The molecule has 0 saturated heterocycles. The summed E-state index contributed by atoms with van der Waals surface area (Å²) in [4.78, 5) is 21.3. The number of nitrogens with zero attached hydrogens (tertiary/aromatic N) is 2. The van der Waals surface area contributed by atoms with Crippen LogP contribution in [0.5, 0.6) is 0 Å². The number of H-pyrrole nitrogens is 1. The highest BCUT2D eigenvalue weighted by molar-refractivity contribution is 5.55. The molecule has 0 unspecified atom stereocenters. The van der Waals surface area contributed by atoms with Crippen molar-refractivity contribution in [2.24, 2.45) is 0 Å². The summed E-state index contributed by atoms with van der Waals surface area (Å²) in [5.41, 5.74) is 3.49. The van der Waals surface area contributed by atoms with Crippen molar-refractivity contribution in [2.75, 3.05) is 27.3 Å². The number of methoxy groups -OCH3 is 1. The van der Waals surface area contributed by atoms with Crippen molar-refractivity contribution < 1.29 is 4.74 Å². The molecule has 0 amide bonds. The van der Waals surface area contributed by atoms with Crippen LogP contribution in [0.4, 0.5) is 0 Å². The largest absolute Gasteiger partial charge is 0.383 e. The van der Waals surface area contributed by atoms with Crippen LogP contribution in [0.15, 0.2) is 29.1 Å². The number of nitrogens with one attached hydrogen (secondary N) is 1. The molecule has 22 heavy (non-hydrogen) atoms. The van der Waals surface area contributed by atoms with Crippen LogP contribution < -0.4 is 5.56 Å². The minimum absolute atomic E-state index is 0.0779. The quantitative estimate of drug-likeness (QED) is 0.888. The van der Waals surface area contributed by atoms with E-state index < -0.39 is 0 Å². The number of likely N-dealkylation sites (N-methyl/N-ethyl adjacent to an activating group) is 1. The lowest BCUT2D eigenvalue weighted by Crippen LogP contribution is -2.22. The van der Waals surface area contributed by atoms with Gasteiger partial charge in [-0.1, -0.05) is 24.3 Å². The van der Waals surface area contributed by atoms with Gasteiger partial charge < -0.3 is 9.72 Å². The molecule has 2 aromatic rings. The Labute approximate surface area is 131 Å². The lowest BCUT2D eigenvalue weighted by molar-refractivity contribution is 0.158. The average Bonchev–Trinajstić information content (AvgIpc) is 2.51. The van der Waals surface area contributed by atoms with Gasteiger partial charge in [-0.2, -0.15) is 0 Å². The van der Waals surface area contributed by atoms with E-state index in [2.05, 4.69) is 34.0 Å². The molecule has 118 valence electrons. The van der Waals surface area contributed by atoms with E-state index in [1.165, 1.54) is 5.56 Å². The van der Waals surface area contributed by atoms with Gasteiger partial charge in [0.25, 0.3) is 5.56 Å². The minimum atomic E-state index is -0.0779. The third-order valence-corrected chi connectivity index (χ3v) is 3.75. The van der Waals surface area contributed by atoms with Crippen LogP contribution in [0.2, 0.25) is 0 Å². The molecular weight excluding hydrogens is 278 g/mol. The van der Waals surface area contributed by atoms with Crippen LogP contribution in [0.1, 0.15) is 16.8 Å². The zero-order valence-corrected chi connectivity index (χ0v) is 13.6. The molecule has 0 radical (unpaired) electrons. The second-order valence-electron chi connectivity index (χ2n) is 5.55. The zero-order valence-electron chi connectivity index (χ0n) is 13.6. The number of hydrogen-bond donors (Lipinski definition) is 1. The Hall–Kier alpha value is -1.98. The van der Waals surface area contributed by atoms with E-state index in [1.807, 2.05) is 19.1 Å². The van der Waals surface area contributed by atoms with Crippen LogP contribution in [0.25, 0.3) is 11.4 Å². The van der Waals surface area contributed by atoms with Gasteiger partial charge in [0.1, 0.15) is 5.82 Å². The SMILES string of the molecule is COCCN(C)Cc1ccc(-c2nc(C)c(C)c(=O)[nH]2)cc1. The van der Waals surface area contributed by atoms with E-state index >= 15 is 0 Å². The highest BCUT2D eigenvalue weighted by atomic mass is 16.5. The Balaban J connectivity index is 2.14. The highest BCUT2D eigenvalue weighted by Gasteiger charge is 2.06. The maximum Gasteiger partial charge on any atom is 0.254 e. The molecular formula is C17H23N3O2. The Bertz CT molecular complexity index is 677. The summed E-state index contributed by atoms with van der Waals surface area (Å²) in [6, 6.07) is 8.11. The predicted octanol–water partition coefficient (Wildman–Crippen LogP) is 2.13. The topological polar surface area (TPSA) is 58.2 Å². The summed E-state index contributed by atoms with van der Waals surface area (Å²) >= 11 is 0. The molecule has 1 aromatic carbocycles. The molecule has 1 aromatic heterocycles. The highest BCUT2D eigenvalue weighted by Crippen LogP contribution is 2.16. The normalized spacial score (nSPS) is 11.1. The molecule has 0 spiro atoms. The van der Waals surface area contributed by atoms with Crippen molar-refractivity contribution in [2.45, 2.75) is 20.4 Å². The van der Waals surface area contributed by atoms with E-state index in [1.54, 1.807) is 14.0 Å². The van der Waals surface area contributed by atoms with Gasteiger partial charge in [0.2, 0.25) is 0 Å². The number of aryl methyl sites for hydroxylation is 1.